The predicted octanol–water partition coefficient (Wildman–Crippen LogP) is 10.5. The van der Waals surface area contributed by atoms with Crippen molar-refractivity contribution in [3.63, 3.8) is 0 Å². The van der Waals surface area contributed by atoms with Gasteiger partial charge in [-0.3, -0.25) is 4.57 Å². The number of para-hydroxylation sites is 2. The summed E-state index contributed by atoms with van der Waals surface area (Å²) in [6, 6.07) is 35.7. The summed E-state index contributed by atoms with van der Waals surface area (Å²) in [7, 11) is 0. The van der Waals surface area contributed by atoms with Crippen molar-refractivity contribution < 1.29 is 13.2 Å². The first-order valence-electron chi connectivity index (χ1n) is 14.8. The minimum absolute atomic E-state index is 0.0701. The smallest absolute Gasteiger partial charge is 0.307 e. The van der Waals surface area contributed by atoms with Gasteiger partial charge >= 0.3 is 6.18 Å². The molecule has 0 N–H and O–H groups in total. The highest BCUT2D eigenvalue weighted by atomic mass is 19.4. The number of hydrogen-bond acceptors (Lipinski definition) is 2. The lowest BCUT2D eigenvalue weighted by molar-refractivity contribution is -0.137. The zero-order valence-electron chi connectivity index (χ0n) is 24.9. The molecule has 0 saturated carbocycles. The Morgan fingerprint density at radius 3 is 1.80 bits per heavy atom. The van der Waals surface area contributed by atoms with Crippen LogP contribution in [0.15, 0.2) is 115 Å². The summed E-state index contributed by atoms with van der Waals surface area (Å²) in [6.07, 6.45) is -2.90. The highest BCUT2D eigenvalue weighted by Crippen LogP contribution is 2.40. The molecule has 0 fully saturated rings. The zero-order chi connectivity index (χ0) is 31.7. The van der Waals surface area contributed by atoms with Crippen LogP contribution >= 0.6 is 0 Å². The largest absolute Gasteiger partial charge is 0.416 e. The molecule has 0 aliphatic rings. The van der Waals surface area contributed by atoms with Crippen LogP contribution in [0.25, 0.3) is 66.2 Å². The number of halogens is 3. The van der Waals surface area contributed by atoms with Crippen LogP contribution < -0.4 is 0 Å². The fourth-order valence-corrected chi connectivity index (χ4v) is 6.66. The predicted molar refractivity (Wildman–Crippen MR) is 178 cm³/mol. The molecule has 0 bridgehead atoms. The Morgan fingerprint density at radius 1 is 0.630 bits per heavy atom. The van der Waals surface area contributed by atoms with Gasteiger partial charge in [-0.05, 0) is 80.1 Å². The molecule has 0 spiro atoms. The summed E-state index contributed by atoms with van der Waals surface area (Å²) >= 11 is 0. The quantitative estimate of drug-likeness (QED) is 0.201. The molecule has 46 heavy (non-hydrogen) atoms. The zero-order valence-corrected chi connectivity index (χ0v) is 24.9. The number of pyridine rings is 1. The van der Waals surface area contributed by atoms with Crippen LogP contribution in [0.1, 0.15) is 22.3 Å². The van der Waals surface area contributed by atoms with Crippen LogP contribution in [0, 0.1) is 25.2 Å². The van der Waals surface area contributed by atoms with Crippen LogP contribution in [0.4, 0.5) is 13.2 Å². The summed E-state index contributed by atoms with van der Waals surface area (Å²) in [5, 5.41) is 14.0. The molecule has 5 aromatic carbocycles. The molecule has 8 aromatic rings. The molecule has 0 aliphatic carbocycles. The van der Waals surface area contributed by atoms with Gasteiger partial charge in [-0.15, -0.1) is 0 Å². The topological polar surface area (TPSA) is 46.5 Å². The van der Waals surface area contributed by atoms with Crippen LogP contribution in [0.2, 0.25) is 0 Å². The lowest BCUT2D eigenvalue weighted by atomic mass is 9.99. The van der Waals surface area contributed by atoms with Crippen molar-refractivity contribution in [2.45, 2.75) is 20.0 Å². The molecule has 0 atom stereocenters. The van der Waals surface area contributed by atoms with Gasteiger partial charge in [0.25, 0.3) is 0 Å². The van der Waals surface area contributed by atoms with Gasteiger partial charge in [0.05, 0.1) is 51.1 Å². The van der Waals surface area contributed by atoms with E-state index in [2.05, 4.69) is 22.8 Å². The van der Waals surface area contributed by atoms with Crippen LogP contribution in [-0.2, 0) is 6.18 Å². The third-order valence-electron chi connectivity index (χ3n) is 8.70. The second-order valence-electron chi connectivity index (χ2n) is 11.7. The van der Waals surface area contributed by atoms with Crippen molar-refractivity contribution in [3.05, 3.63) is 138 Å². The van der Waals surface area contributed by atoms with Gasteiger partial charge in [0.2, 0.25) is 0 Å². The van der Waals surface area contributed by atoms with E-state index in [1.807, 2.05) is 97.3 Å². The fourth-order valence-electron chi connectivity index (χ4n) is 6.66. The van der Waals surface area contributed by atoms with Gasteiger partial charge < -0.3 is 4.57 Å². The van der Waals surface area contributed by atoms with Crippen LogP contribution in [0.5, 0.6) is 0 Å². The molecule has 3 heterocycles. The van der Waals surface area contributed by atoms with Crippen molar-refractivity contribution in [1.82, 2.24) is 14.1 Å². The number of hydrogen-bond donors (Lipinski definition) is 0. The SMILES string of the molecule is Cc1ccc2c(c1)c1ccccc1n2-c1cc(-c2cc(C#N)cc(C(F)(F)F)c2)c(-n2c3ccccc3c3cc(C)ccc32)cn1. The number of fused-ring (bicyclic) bond motifs is 6. The maximum absolute atomic E-state index is 14.2. The maximum Gasteiger partial charge on any atom is 0.416 e. The highest BCUT2D eigenvalue weighted by molar-refractivity contribution is 6.11. The average Bonchev–Trinajstić information content (AvgIpc) is 3.56. The molecule has 0 radical (unpaired) electrons. The highest BCUT2D eigenvalue weighted by Gasteiger charge is 2.32. The van der Waals surface area contributed by atoms with E-state index in [0.717, 1.165) is 66.9 Å². The Labute approximate surface area is 262 Å². The molecule has 8 rings (SSSR count). The number of aryl methyl sites for hydroxylation is 2. The van der Waals surface area contributed by atoms with Gasteiger partial charge in [-0.2, -0.15) is 18.4 Å². The number of nitrogens with zero attached hydrogens (tertiary/aromatic N) is 4. The van der Waals surface area contributed by atoms with E-state index in [1.165, 1.54) is 6.07 Å². The molecule has 0 saturated heterocycles. The molecule has 3 aromatic heterocycles. The van der Waals surface area contributed by atoms with Gasteiger partial charge in [-0.25, -0.2) is 4.98 Å². The van der Waals surface area contributed by atoms with E-state index >= 15 is 0 Å². The number of rotatable bonds is 3. The molecule has 0 unspecified atom stereocenters. The molecule has 0 amide bonds. The minimum Gasteiger partial charge on any atom is -0.307 e. The third kappa shape index (κ3) is 4.26. The Morgan fingerprint density at radius 2 is 1.20 bits per heavy atom. The first-order chi connectivity index (χ1) is 22.2. The molecule has 0 aliphatic heterocycles. The number of benzene rings is 5. The van der Waals surface area contributed by atoms with Gasteiger partial charge in [0.1, 0.15) is 5.82 Å². The fraction of sp³-hybridized carbons (Fsp3) is 0.0769. The number of alkyl halides is 3. The van der Waals surface area contributed by atoms with E-state index in [1.54, 1.807) is 6.20 Å². The van der Waals surface area contributed by atoms with E-state index in [0.29, 0.717) is 17.1 Å². The van der Waals surface area contributed by atoms with Crippen molar-refractivity contribution >= 4 is 43.6 Å². The lowest BCUT2D eigenvalue weighted by Gasteiger charge is -2.18. The Hall–Kier alpha value is -5.87. The van der Waals surface area contributed by atoms with Gasteiger partial charge in [0.15, 0.2) is 0 Å². The van der Waals surface area contributed by atoms with Crippen molar-refractivity contribution in [3.8, 4) is 28.7 Å². The summed E-state index contributed by atoms with van der Waals surface area (Å²) in [5.41, 5.74) is 6.36. The van der Waals surface area contributed by atoms with E-state index < -0.39 is 11.7 Å². The molecular weight excluding hydrogens is 581 g/mol. The van der Waals surface area contributed by atoms with E-state index in [9.17, 15) is 18.4 Å². The molecule has 7 heteroatoms. The second-order valence-corrected chi connectivity index (χ2v) is 11.7. The Bertz CT molecular complexity index is 2560. The number of aromatic nitrogens is 3. The third-order valence-corrected chi connectivity index (χ3v) is 8.70. The normalized spacial score (nSPS) is 12.0. The maximum atomic E-state index is 14.2. The van der Waals surface area contributed by atoms with Gasteiger partial charge in [0, 0.05) is 27.1 Å². The van der Waals surface area contributed by atoms with E-state index in [-0.39, 0.29) is 11.1 Å². The Balaban J connectivity index is 1.50. The minimum atomic E-state index is -4.63. The van der Waals surface area contributed by atoms with Gasteiger partial charge in [-0.1, -0.05) is 59.7 Å². The molecular formula is C39H25F3N4. The standard InChI is InChI=1S/C39H25F3N4/c1-23-11-13-35-31(15-23)28-7-3-5-9-33(28)45(35)37-22-44-38(20-30(37)26-17-25(21-43)18-27(19-26)39(40,41)42)46-34-10-6-4-8-29(34)32-16-24(2)12-14-36(32)46/h3-20,22H,1-2H3. The first-order valence-corrected chi connectivity index (χ1v) is 14.8. The van der Waals surface area contributed by atoms with Crippen molar-refractivity contribution in [2.75, 3.05) is 0 Å². The summed E-state index contributed by atoms with van der Waals surface area (Å²) in [5.74, 6) is 0.557. The monoisotopic (exact) mass is 606 g/mol. The van der Waals surface area contributed by atoms with E-state index in [4.69, 9.17) is 4.98 Å². The lowest BCUT2D eigenvalue weighted by Crippen LogP contribution is -2.07. The number of nitriles is 1. The summed E-state index contributed by atoms with van der Waals surface area (Å²) in [4.78, 5) is 4.99. The van der Waals surface area contributed by atoms with Crippen LogP contribution in [-0.4, -0.2) is 14.1 Å². The first kappa shape index (κ1) is 27.7. The summed E-state index contributed by atoms with van der Waals surface area (Å²) < 4.78 is 46.6. The molecule has 222 valence electrons. The van der Waals surface area contributed by atoms with Crippen molar-refractivity contribution in [2.24, 2.45) is 0 Å². The second kappa shape index (κ2) is 10.1. The average molecular weight is 607 g/mol. The van der Waals surface area contributed by atoms with Crippen molar-refractivity contribution in [1.29, 1.82) is 5.26 Å². The Kier molecular flexibility index (Phi) is 6.06. The summed E-state index contributed by atoms with van der Waals surface area (Å²) in [6.45, 7) is 4.08. The van der Waals surface area contributed by atoms with Crippen LogP contribution in [0.3, 0.4) is 0 Å². The molecule has 4 nitrogen and oxygen atoms in total.